The zero-order valence-corrected chi connectivity index (χ0v) is 9.67. The second kappa shape index (κ2) is 4.53. The van der Waals surface area contributed by atoms with E-state index in [2.05, 4.69) is 0 Å². The maximum absolute atomic E-state index is 10.7. The van der Waals surface area contributed by atoms with Gasteiger partial charge in [0.1, 0.15) is 0 Å². The predicted octanol–water partition coefficient (Wildman–Crippen LogP) is 2.91. The van der Waals surface area contributed by atoms with Crippen LogP contribution in [-0.2, 0) is 4.79 Å². The maximum atomic E-state index is 10.7. The Balaban J connectivity index is 2.89. The molecule has 0 saturated carbocycles. The maximum Gasteiger partial charge on any atom is 0.304 e. The summed E-state index contributed by atoms with van der Waals surface area (Å²) < 4.78 is 0. The van der Waals surface area contributed by atoms with Gasteiger partial charge < -0.3 is 5.11 Å². The minimum Gasteiger partial charge on any atom is -0.481 e. The number of hydrogen-bond acceptors (Lipinski definition) is 2. The van der Waals surface area contributed by atoms with Crippen LogP contribution in [0, 0.1) is 5.41 Å². The van der Waals surface area contributed by atoms with Crippen molar-refractivity contribution in [3.63, 3.8) is 0 Å². The Hall–Kier alpha value is -1.22. The fraction of sp³-hybridized carbons (Fsp3) is 0.333. The molecule has 1 aromatic carbocycles. The van der Waals surface area contributed by atoms with Gasteiger partial charge in [-0.1, -0.05) is 56.4 Å². The van der Waals surface area contributed by atoms with E-state index < -0.39 is 11.4 Å². The highest BCUT2D eigenvalue weighted by atomic mass is 32.1. The summed E-state index contributed by atoms with van der Waals surface area (Å²) in [6.45, 7) is 3.72. The Morgan fingerprint density at radius 2 is 1.87 bits per heavy atom. The van der Waals surface area contributed by atoms with E-state index in [1.165, 1.54) is 0 Å². The van der Waals surface area contributed by atoms with Gasteiger partial charge >= 0.3 is 5.97 Å². The predicted molar refractivity (Wildman–Crippen MR) is 64.2 cm³/mol. The number of carboxylic acid groups (broad SMARTS) is 1. The van der Waals surface area contributed by atoms with Crippen molar-refractivity contribution >= 4 is 23.1 Å². The van der Waals surface area contributed by atoms with Gasteiger partial charge in [-0.25, -0.2) is 0 Å². The van der Waals surface area contributed by atoms with Crippen molar-refractivity contribution in [3.05, 3.63) is 35.9 Å². The van der Waals surface area contributed by atoms with Crippen molar-refractivity contribution < 1.29 is 9.90 Å². The second-order valence-corrected chi connectivity index (χ2v) is 4.56. The van der Waals surface area contributed by atoms with Crippen molar-refractivity contribution in [2.75, 3.05) is 0 Å². The molecule has 0 unspecified atom stereocenters. The largest absolute Gasteiger partial charge is 0.481 e. The normalized spacial score (nSPS) is 11.1. The fourth-order valence-corrected chi connectivity index (χ4v) is 1.65. The molecule has 1 N–H and O–H groups in total. The highest BCUT2D eigenvalue weighted by Gasteiger charge is 2.27. The molecule has 0 heterocycles. The lowest BCUT2D eigenvalue weighted by molar-refractivity contribution is -0.138. The van der Waals surface area contributed by atoms with E-state index in [1.807, 2.05) is 44.2 Å². The molecule has 0 bridgehead atoms. The van der Waals surface area contributed by atoms with Crippen molar-refractivity contribution in [1.29, 1.82) is 0 Å². The van der Waals surface area contributed by atoms with E-state index in [-0.39, 0.29) is 6.42 Å². The first-order chi connectivity index (χ1) is 6.93. The van der Waals surface area contributed by atoms with Crippen LogP contribution in [0.15, 0.2) is 30.3 Å². The molecule has 0 saturated heterocycles. The van der Waals surface area contributed by atoms with Crippen LogP contribution in [0.25, 0.3) is 0 Å². The van der Waals surface area contributed by atoms with Gasteiger partial charge in [0.25, 0.3) is 0 Å². The third-order valence-electron chi connectivity index (χ3n) is 2.24. The van der Waals surface area contributed by atoms with Crippen LogP contribution in [0.5, 0.6) is 0 Å². The molecule has 3 heteroatoms. The Bertz CT molecular complexity index is 368. The number of benzene rings is 1. The summed E-state index contributed by atoms with van der Waals surface area (Å²) in [5.41, 5.74) is 0.446. The van der Waals surface area contributed by atoms with Gasteiger partial charge in [-0.2, -0.15) is 0 Å². The molecule has 0 fully saturated rings. The van der Waals surface area contributed by atoms with Crippen LogP contribution in [0.1, 0.15) is 25.8 Å². The summed E-state index contributed by atoms with van der Waals surface area (Å²) in [5, 5.41) is 8.79. The Morgan fingerprint density at radius 1 is 1.33 bits per heavy atom. The zero-order chi connectivity index (χ0) is 11.5. The van der Waals surface area contributed by atoms with Crippen LogP contribution in [0.2, 0.25) is 0 Å². The summed E-state index contributed by atoms with van der Waals surface area (Å²) in [4.78, 5) is 11.4. The first-order valence-electron chi connectivity index (χ1n) is 4.75. The number of rotatable bonds is 4. The van der Waals surface area contributed by atoms with Gasteiger partial charge in [-0.05, 0) is 5.56 Å². The molecule has 1 rings (SSSR count). The first-order valence-corrected chi connectivity index (χ1v) is 5.16. The Morgan fingerprint density at radius 3 is 2.33 bits per heavy atom. The van der Waals surface area contributed by atoms with Crippen LogP contribution in [0.3, 0.4) is 0 Å². The molecule has 0 aliphatic carbocycles. The summed E-state index contributed by atoms with van der Waals surface area (Å²) >= 11 is 5.31. The first kappa shape index (κ1) is 11.9. The molecular weight excluding hydrogens is 208 g/mol. The summed E-state index contributed by atoms with van der Waals surface area (Å²) in [5.74, 6) is -0.821. The third kappa shape index (κ3) is 3.13. The molecule has 0 aromatic heterocycles. The van der Waals surface area contributed by atoms with Crippen molar-refractivity contribution in [2.45, 2.75) is 20.3 Å². The summed E-state index contributed by atoms with van der Waals surface area (Å²) in [6, 6.07) is 9.53. The quantitative estimate of drug-likeness (QED) is 0.628. The molecule has 0 atom stereocenters. The van der Waals surface area contributed by atoms with Crippen LogP contribution in [-0.4, -0.2) is 15.9 Å². The SMILES string of the molecule is CC(C)(CC(=O)O)C(=S)c1ccccc1. The third-order valence-corrected chi connectivity index (χ3v) is 3.03. The average molecular weight is 222 g/mol. The lowest BCUT2D eigenvalue weighted by atomic mass is 9.82. The average Bonchev–Trinajstić information content (AvgIpc) is 2.16. The molecule has 0 aliphatic rings. The van der Waals surface area contributed by atoms with E-state index >= 15 is 0 Å². The Labute approximate surface area is 94.9 Å². The van der Waals surface area contributed by atoms with E-state index in [9.17, 15) is 4.79 Å². The molecular formula is C12H14O2S. The number of thiocarbonyl (C=S) groups is 1. The fourth-order valence-electron chi connectivity index (χ4n) is 1.44. The van der Waals surface area contributed by atoms with E-state index in [4.69, 9.17) is 17.3 Å². The van der Waals surface area contributed by atoms with E-state index in [1.54, 1.807) is 0 Å². The molecule has 0 aliphatic heterocycles. The Kier molecular flexibility index (Phi) is 3.58. The zero-order valence-electron chi connectivity index (χ0n) is 8.86. The van der Waals surface area contributed by atoms with Crippen molar-refractivity contribution in [1.82, 2.24) is 0 Å². The standard InChI is InChI=1S/C12H14O2S/c1-12(2,8-10(13)14)11(15)9-6-4-3-5-7-9/h3-7H,8H2,1-2H3,(H,13,14). The number of hydrogen-bond donors (Lipinski definition) is 1. The minimum atomic E-state index is -0.821. The van der Waals surface area contributed by atoms with Crippen LogP contribution >= 0.6 is 12.2 Å². The monoisotopic (exact) mass is 222 g/mol. The molecule has 1 aromatic rings. The minimum absolute atomic E-state index is 0.0563. The number of carbonyl (C=O) groups is 1. The smallest absolute Gasteiger partial charge is 0.304 e. The molecule has 80 valence electrons. The number of carboxylic acids is 1. The van der Waals surface area contributed by atoms with Gasteiger partial charge in [0.2, 0.25) is 0 Å². The lowest BCUT2D eigenvalue weighted by Crippen LogP contribution is -2.26. The molecule has 2 nitrogen and oxygen atoms in total. The highest BCUT2D eigenvalue weighted by Crippen LogP contribution is 2.26. The van der Waals surface area contributed by atoms with Gasteiger partial charge in [0.05, 0.1) is 6.42 Å². The molecule has 0 spiro atoms. The van der Waals surface area contributed by atoms with E-state index in [0.29, 0.717) is 4.86 Å². The van der Waals surface area contributed by atoms with Crippen molar-refractivity contribution in [2.24, 2.45) is 5.41 Å². The van der Waals surface area contributed by atoms with Crippen LogP contribution < -0.4 is 0 Å². The summed E-state index contributed by atoms with van der Waals surface area (Å²) in [6.07, 6.45) is 0.0563. The lowest BCUT2D eigenvalue weighted by Gasteiger charge is -2.23. The second-order valence-electron chi connectivity index (χ2n) is 4.15. The number of aliphatic carboxylic acids is 1. The topological polar surface area (TPSA) is 37.3 Å². The molecule has 0 radical (unpaired) electrons. The van der Waals surface area contributed by atoms with E-state index in [0.717, 1.165) is 5.56 Å². The van der Waals surface area contributed by atoms with Gasteiger partial charge in [0, 0.05) is 10.3 Å². The summed E-state index contributed by atoms with van der Waals surface area (Å²) in [7, 11) is 0. The highest BCUT2D eigenvalue weighted by molar-refractivity contribution is 7.81. The van der Waals surface area contributed by atoms with Gasteiger partial charge in [-0.3, -0.25) is 4.79 Å². The van der Waals surface area contributed by atoms with Crippen LogP contribution in [0.4, 0.5) is 0 Å². The molecule has 15 heavy (non-hydrogen) atoms. The van der Waals surface area contributed by atoms with Gasteiger partial charge in [-0.15, -0.1) is 0 Å². The van der Waals surface area contributed by atoms with Gasteiger partial charge in [0.15, 0.2) is 0 Å². The molecule has 0 amide bonds. The van der Waals surface area contributed by atoms with Crippen molar-refractivity contribution in [3.8, 4) is 0 Å².